The topological polar surface area (TPSA) is 51.2 Å². The Labute approximate surface area is 129 Å². The highest BCUT2D eigenvalue weighted by Crippen LogP contribution is 2.26. The molecule has 1 aromatic carbocycles. The summed E-state index contributed by atoms with van der Waals surface area (Å²) in [6, 6.07) is 5.20. The molecule has 0 radical (unpaired) electrons. The van der Waals surface area contributed by atoms with Gasteiger partial charge in [-0.3, -0.25) is 10.1 Å². The van der Waals surface area contributed by atoms with Gasteiger partial charge in [-0.15, -0.1) is 0 Å². The van der Waals surface area contributed by atoms with E-state index < -0.39 is 34.6 Å². The Hall–Kier alpha value is -2.83. The Kier molecular flexibility index (Phi) is 4.01. The second-order valence-electron chi connectivity index (χ2n) is 4.78. The van der Waals surface area contributed by atoms with Crippen LogP contribution < -0.4 is 5.32 Å². The maximum absolute atomic E-state index is 13.9. The van der Waals surface area contributed by atoms with E-state index in [4.69, 9.17) is 4.74 Å². The predicted octanol–water partition coefficient (Wildman–Crippen LogP) is 3.16. The summed E-state index contributed by atoms with van der Waals surface area (Å²) in [5.74, 6) is -3.23. The number of carbonyl (C=O) groups is 1. The number of hydrogen-bond acceptors (Lipinski definition) is 3. The zero-order chi connectivity index (χ0) is 16.4. The minimum Gasteiger partial charge on any atom is -0.479 e. The average molecular weight is 320 g/mol. The van der Waals surface area contributed by atoms with Gasteiger partial charge in [0.2, 0.25) is 0 Å². The molecular formula is C16H11F3N2O2. The van der Waals surface area contributed by atoms with Crippen molar-refractivity contribution >= 4 is 5.91 Å². The minimum absolute atomic E-state index is 0.180. The van der Waals surface area contributed by atoms with Gasteiger partial charge in [-0.1, -0.05) is 6.07 Å². The standard InChI is InChI=1S/C16H11F3N2O2/c17-9-3-1-4-10(18)14(9)15-11(19)6-7-12(20-15)16(22)21-13-5-2-8-23-13/h1,3-7H,2,8H2,(H,21,22). The monoisotopic (exact) mass is 320 g/mol. The molecule has 0 unspecified atom stereocenters. The van der Waals surface area contributed by atoms with E-state index in [1.807, 2.05) is 0 Å². The number of nitrogens with zero attached hydrogens (tertiary/aromatic N) is 1. The fraction of sp³-hybridized carbons (Fsp3) is 0.125. The maximum Gasteiger partial charge on any atom is 0.276 e. The van der Waals surface area contributed by atoms with Crippen molar-refractivity contribution in [3.8, 4) is 11.3 Å². The van der Waals surface area contributed by atoms with Crippen molar-refractivity contribution in [2.45, 2.75) is 6.42 Å². The van der Waals surface area contributed by atoms with Crippen molar-refractivity contribution in [1.29, 1.82) is 0 Å². The van der Waals surface area contributed by atoms with Gasteiger partial charge in [-0.2, -0.15) is 0 Å². The first-order valence-corrected chi connectivity index (χ1v) is 6.81. The van der Waals surface area contributed by atoms with E-state index in [9.17, 15) is 18.0 Å². The molecule has 2 aromatic rings. The van der Waals surface area contributed by atoms with Crippen LogP contribution in [0.25, 0.3) is 11.3 Å². The van der Waals surface area contributed by atoms with Crippen molar-refractivity contribution in [2.24, 2.45) is 0 Å². The number of benzene rings is 1. The van der Waals surface area contributed by atoms with E-state index in [2.05, 4.69) is 10.3 Å². The number of aromatic nitrogens is 1. The highest BCUT2D eigenvalue weighted by Gasteiger charge is 2.20. The molecule has 0 saturated heterocycles. The molecular weight excluding hydrogens is 309 g/mol. The molecule has 3 rings (SSSR count). The summed E-state index contributed by atoms with van der Waals surface area (Å²) in [4.78, 5) is 15.8. The molecule has 2 heterocycles. The Bertz CT molecular complexity index is 786. The van der Waals surface area contributed by atoms with Crippen LogP contribution in [0.5, 0.6) is 0 Å². The number of ether oxygens (including phenoxy) is 1. The number of halogens is 3. The van der Waals surface area contributed by atoms with Crippen LogP contribution in [-0.2, 0) is 4.74 Å². The SMILES string of the molecule is O=C(NC1=CCCO1)c1ccc(F)c(-c2c(F)cccc2F)n1. The zero-order valence-corrected chi connectivity index (χ0v) is 11.8. The van der Waals surface area contributed by atoms with Crippen LogP contribution in [0.1, 0.15) is 16.9 Å². The number of rotatable bonds is 3. The molecule has 1 amide bonds. The summed E-state index contributed by atoms with van der Waals surface area (Å²) in [6.07, 6.45) is 2.34. The van der Waals surface area contributed by atoms with E-state index >= 15 is 0 Å². The summed E-state index contributed by atoms with van der Waals surface area (Å²) in [7, 11) is 0. The van der Waals surface area contributed by atoms with Gasteiger partial charge in [-0.25, -0.2) is 18.2 Å². The summed E-state index contributed by atoms with van der Waals surface area (Å²) in [6.45, 7) is 0.456. The van der Waals surface area contributed by atoms with Crippen LogP contribution in [0.4, 0.5) is 13.2 Å². The van der Waals surface area contributed by atoms with Crippen LogP contribution >= 0.6 is 0 Å². The average Bonchev–Trinajstić information content (AvgIpc) is 3.01. The van der Waals surface area contributed by atoms with Crippen LogP contribution in [0.2, 0.25) is 0 Å². The first-order valence-electron chi connectivity index (χ1n) is 6.81. The highest BCUT2D eigenvalue weighted by molar-refractivity contribution is 5.93. The molecule has 0 spiro atoms. The maximum atomic E-state index is 13.9. The summed E-state index contributed by atoms with van der Waals surface area (Å²) >= 11 is 0. The Morgan fingerprint density at radius 2 is 1.83 bits per heavy atom. The molecule has 0 fully saturated rings. The zero-order valence-electron chi connectivity index (χ0n) is 11.8. The smallest absolute Gasteiger partial charge is 0.276 e. The number of carbonyl (C=O) groups excluding carboxylic acids is 1. The Balaban J connectivity index is 1.98. The molecule has 4 nitrogen and oxygen atoms in total. The summed E-state index contributed by atoms with van der Waals surface area (Å²) < 4.78 is 46.6. The predicted molar refractivity (Wildman–Crippen MR) is 75.7 cm³/mol. The quantitative estimate of drug-likeness (QED) is 0.945. The number of nitrogens with one attached hydrogen (secondary N) is 1. The molecule has 0 atom stereocenters. The lowest BCUT2D eigenvalue weighted by atomic mass is 10.1. The molecule has 1 aliphatic heterocycles. The lowest BCUT2D eigenvalue weighted by Crippen LogP contribution is -2.24. The molecule has 0 bridgehead atoms. The van der Waals surface area contributed by atoms with Gasteiger partial charge < -0.3 is 4.74 Å². The third-order valence-electron chi connectivity index (χ3n) is 3.22. The van der Waals surface area contributed by atoms with Gasteiger partial charge in [0.15, 0.2) is 5.88 Å². The second kappa shape index (κ2) is 6.12. The number of pyridine rings is 1. The Morgan fingerprint density at radius 1 is 1.09 bits per heavy atom. The minimum atomic E-state index is -0.962. The largest absolute Gasteiger partial charge is 0.479 e. The summed E-state index contributed by atoms with van der Waals surface area (Å²) in [5, 5.41) is 2.45. The highest BCUT2D eigenvalue weighted by atomic mass is 19.1. The van der Waals surface area contributed by atoms with Gasteiger partial charge in [-0.05, 0) is 30.3 Å². The molecule has 0 aliphatic carbocycles. The van der Waals surface area contributed by atoms with Crippen LogP contribution in [0, 0.1) is 17.5 Å². The number of amides is 1. The van der Waals surface area contributed by atoms with E-state index in [-0.39, 0.29) is 11.6 Å². The van der Waals surface area contributed by atoms with Gasteiger partial charge in [0.25, 0.3) is 5.91 Å². The molecule has 1 aliphatic rings. The summed E-state index contributed by atoms with van der Waals surface area (Å²) in [5.41, 5.74) is -1.36. The Morgan fingerprint density at radius 3 is 2.48 bits per heavy atom. The lowest BCUT2D eigenvalue weighted by molar-refractivity contribution is 0.0926. The first-order chi connectivity index (χ1) is 11.1. The van der Waals surface area contributed by atoms with Crippen LogP contribution in [0.3, 0.4) is 0 Å². The third-order valence-corrected chi connectivity index (χ3v) is 3.22. The molecule has 7 heteroatoms. The molecule has 0 saturated carbocycles. The fourth-order valence-corrected chi connectivity index (χ4v) is 2.15. The third kappa shape index (κ3) is 3.03. The van der Waals surface area contributed by atoms with Gasteiger partial charge in [0.05, 0.1) is 12.2 Å². The van der Waals surface area contributed by atoms with Crippen LogP contribution in [0.15, 0.2) is 42.3 Å². The van der Waals surface area contributed by atoms with Gasteiger partial charge >= 0.3 is 0 Å². The van der Waals surface area contributed by atoms with Crippen LogP contribution in [-0.4, -0.2) is 17.5 Å². The fourth-order valence-electron chi connectivity index (χ4n) is 2.15. The van der Waals surface area contributed by atoms with Crippen molar-refractivity contribution < 1.29 is 22.7 Å². The van der Waals surface area contributed by atoms with Crippen molar-refractivity contribution in [2.75, 3.05) is 6.61 Å². The molecule has 118 valence electrons. The van der Waals surface area contributed by atoms with E-state index in [0.717, 1.165) is 30.3 Å². The van der Waals surface area contributed by atoms with Gasteiger partial charge in [0, 0.05) is 6.42 Å². The normalized spacial score (nSPS) is 13.4. The van der Waals surface area contributed by atoms with Gasteiger partial charge in [0.1, 0.15) is 28.8 Å². The number of hydrogen-bond donors (Lipinski definition) is 1. The van der Waals surface area contributed by atoms with Crippen molar-refractivity contribution in [3.63, 3.8) is 0 Å². The second-order valence-corrected chi connectivity index (χ2v) is 4.78. The lowest BCUT2D eigenvalue weighted by Gasteiger charge is -2.09. The van der Waals surface area contributed by atoms with E-state index in [1.54, 1.807) is 6.08 Å². The van der Waals surface area contributed by atoms with Crippen molar-refractivity contribution in [1.82, 2.24) is 10.3 Å². The molecule has 1 aromatic heterocycles. The molecule has 1 N–H and O–H groups in total. The van der Waals surface area contributed by atoms with Crippen molar-refractivity contribution in [3.05, 3.63) is 65.4 Å². The van der Waals surface area contributed by atoms with E-state index in [1.165, 1.54) is 0 Å². The molecule has 23 heavy (non-hydrogen) atoms. The van der Waals surface area contributed by atoms with E-state index in [0.29, 0.717) is 13.0 Å². The first kappa shape index (κ1) is 15.1.